The van der Waals surface area contributed by atoms with Crippen LogP contribution in [0.2, 0.25) is 0 Å². The molecule has 2 aromatic carbocycles. The van der Waals surface area contributed by atoms with Crippen molar-refractivity contribution in [2.45, 2.75) is 38.5 Å². The molecule has 0 nitrogen and oxygen atoms in total. The Hall–Kier alpha value is -0.617. The quantitative estimate of drug-likeness (QED) is 0.616. The fraction of sp³-hybridized carbons (Fsp3) is 0.304. The Morgan fingerprint density at radius 2 is 1.69 bits per heavy atom. The Morgan fingerprint density at radius 1 is 0.885 bits per heavy atom. The van der Waals surface area contributed by atoms with E-state index >= 15 is 0 Å². The molecule has 0 spiro atoms. The fourth-order valence-corrected chi connectivity index (χ4v) is 8.60. The zero-order valence-electron chi connectivity index (χ0n) is 14.8. The topological polar surface area (TPSA) is 0 Å². The summed E-state index contributed by atoms with van der Waals surface area (Å²) in [7, 11) is 0. The third kappa shape index (κ3) is 3.56. The molecule has 0 radical (unpaired) electrons. The van der Waals surface area contributed by atoms with Crippen molar-refractivity contribution in [3.8, 4) is 0 Å². The molecule has 1 saturated carbocycles. The summed E-state index contributed by atoms with van der Waals surface area (Å²) in [5, 5.41) is 2.88. The molecule has 3 heteroatoms. The van der Waals surface area contributed by atoms with Crippen LogP contribution in [0.15, 0.2) is 63.5 Å². The summed E-state index contributed by atoms with van der Waals surface area (Å²) in [4.78, 5) is 0. The van der Waals surface area contributed by atoms with Gasteiger partial charge in [0.2, 0.25) is 0 Å². The van der Waals surface area contributed by atoms with Crippen LogP contribution in [0, 0.1) is 5.92 Å². The van der Waals surface area contributed by atoms with Gasteiger partial charge in [-0.1, -0.05) is 0 Å². The van der Waals surface area contributed by atoms with Gasteiger partial charge in [0, 0.05) is 0 Å². The number of hydrogen-bond acceptors (Lipinski definition) is 0. The van der Waals surface area contributed by atoms with Crippen LogP contribution in [0.25, 0.3) is 14.1 Å². The van der Waals surface area contributed by atoms with Crippen LogP contribution in [0.3, 0.4) is 0 Å². The van der Waals surface area contributed by atoms with Crippen LogP contribution in [-0.4, -0.2) is 0 Å². The smallest absolute Gasteiger partial charge is 1.00 e. The molecule has 0 aromatic heterocycles. The van der Waals surface area contributed by atoms with Crippen molar-refractivity contribution in [1.29, 1.82) is 0 Å². The van der Waals surface area contributed by atoms with Crippen molar-refractivity contribution in [2.75, 3.05) is 0 Å². The molecule has 132 valence electrons. The van der Waals surface area contributed by atoms with Crippen molar-refractivity contribution in [2.24, 2.45) is 5.92 Å². The number of fused-ring (bicyclic) bond motifs is 3. The first kappa shape index (κ1) is 20.1. The fourth-order valence-electron chi connectivity index (χ4n) is 4.66. The molecule has 0 heterocycles. The van der Waals surface area contributed by atoms with Gasteiger partial charge in [0.1, 0.15) is 0 Å². The predicted molar refractivity (Wildman–Crippen MR) is 98.4 cm³/mol. The second-order valence-corrected chi connectivity index (χ2v) is 10.7. The van der Waals surface area contributed by atoms with E-state index in [1.165, 1.54) is 42.9 Å². The van der Waals surface area contributed by atoms with Gasteiger partial charge >= 0.3 is 156 Å². The van der Waals surface area contributed by atoms with Gasteiger partial charge in [-0.15, -0.1) is 0 Å². The van der Waals surface area contributed by atoms with Crippen molar-refractivity contribution >= 4 is 14.1 Å². The van der Waals surface area contributed by atoms with E-state index in [2.05, 4.69) is 54.6 Å². The standard InChI is InChI=1S/C13H9.C10H13.2ClH.Zr/c1-2-6-12-10(4-1)8-9-11-5-3-7-13(11)12;1-2-6-9(5-1)10-7-3-4-8-10;;;/h1-4,6,8-9H,5H2;1,5,10H,2-4,7-8H2;2*1H;/q;;;;+2/p-2. The third-order valence-corrected chi connectivity index (χ3v) is 9.59. The molecule has 3 aliphatic rings. The maximum absolute atomic E-state index is 2.56. The van der Waals surface area contributed by atoms with E-state index in [-0.39, 0.29) is 24.8 Å². The average Bonchev–Trinajstić information content (AvgIpc) is 3.35. The summed E-state index contributed by atoms with van der Waals surface area (Å²) in [6, 6.07) is 13.6. The van der Waals surface area contributed by atoms with Gasteiger partial charge < -0.3 is 24.8 Å². The predicted octanol–water partition coefficient (Wildman–Crippen LogP) is 0.232. The Balaban J connectivity index is 0.000000980. The minimum absolute atomic E-state index is 0. The van der Waals surface area contributed by atoms with Crippen LogP contribution >= 0.6 is 0 Å². The van der Waals surface area contributed by atoms with Crippen LogP contribution in [0.5, 0.6) is 0 Å². The molecule has 3 aliphatic carbocycles. The van der Waals surface area contributed by atoms with Gasteiger partial charge in [0.05, 0.1) is 0 Å². The summed E-state index contributed by atoms with van der Waals surface area (Å²) in [6.45, 7) is 0. The minimum atomic E-state index is -0.669. The molecule has 0 N–H and O–H groups in total. The van der Waals surface area contributed by atoms with Crippen LogP contribution < -0.4 is 24.8 Å². The maximum atomic E-state index is 2.56. The molecule has 0 saturated heterocycles. The summed E-state index contributed by atoms with van der Waals surface area (Å²) in [5.74, 6) is 0.883. The zero-order valence-corrected chi connectivity index (χ0v) is 18.7. The van der Waals surface area contributed by atoms with Gasteiger partial charge in [-0.3, -0.25) is 0 Å². The van der Waals surface area contributed by atoms with E-state index < -0.39 is 23.2 Å². The second-order valence-electron chi connectivity index (χ2n) is 7.29. The van der Waals surface area contributed by atoms with Crippen LogP contribution in [0.4, 0.5) is 0 Å². The van der Waals surface area contributed by atoms with E-state index in [0.29, 0.717) is 0 Å². The number of halogens is 2. The Morgan fingerprint density at radius 3 is 2.54 bits per heavy atom. The summed E-state index contributed by atoms with van der Waals surface area (Å²) >= 11 is -0.669. The maximum Gasteiger partial charge on any atom is -1.00 e. The van der Waals surface area contributed by atoms with Gasteiger partial charge in [-0.05, 0) is 0 Å². The number of benzene rings is 2. The van der Waals surface area contributed by atoms with Crippen molar-refractivity contribution < 1.29 is 48.0 Å². The molecular weight excluding hydrogens is 438 g/mol. The van der Waals surface area contributed by atoms with E-state index in [1.54, 1.807) is 20.0 Å². The van der Waals surface area contributed by atoms with E-state index in [1.807, 2.05) is 3.28 Å². The molecule has 2 aromatic rings. The van der Waals surface area contributed by atoms with Crippen LogP contribution in [-0.2, 0) is 29.7 Å². The molecule has 5 rings (SSSR count). The number of allylic oxidation sites excluding steroid dienone is 5. The number of rotatable bonds is 3. The average molecular weight is 461 g/mol. The molecular formula is C23H22Cl2Zr. The van der Waals surface area contributed by atoms with Crippen LogP contribution in [0.1, 0.15) is 43.2 Å². The van der Waals surface area contributed by atoms with Gasteiger partial charge in [0.15, 0.2) is 0 Å². The molecule has 0 atom stereocenters. The van der Waals surface area contributed by atoms with E-state index in [4.69, 9.17) is 0 Å². The second kappa shape index (κ2) is 8.60. The first-order valence-corrected chi connectivity index (χ1v) is 11.7. The SMILES string of the molecule is C1=CC(C2CCCC2)=[C]([Zr+2][C]2=CCc3ccc4ccccc4c32)C1.[Cl-].[Cl-]. The zero-order chi connectivity index (χ0) is 15.9. The molecule has 26 heavy (non-hydrogen) atoms. The van der Waals surface area contributed by atoms with E-state index in [9.17, 15) is 0 Å². The molecule has 0 amide bonds. The van der Waals surface area contributed by atoms with E-state index in [0.717, 1.165) is 12.3 Å². The molecule has 0 unspecified atom stereocenters. The van der Waals surface area contributed by atoms with Crippen molar-refractivity contribution in [3.63, 3.8) is 0 Å². The Kier molecular flexibility index (Phi) is 6.65. The molecule has 1 fully saturated rings. The van der Waals surface area contributed by atoms with Gasteiger partial charge in [-0.25, -0.2) is 0 Å². The first-order chi connectivity index (χ1) is 11.9. The first-order valence-electron chi connectivity index (χ1n) is 9.28. The Bertz CT molecular complexity index is 902. The Labute approximate surface area is 180 Å². The number of hydrogen-bond donors (Lipinski definition) is 0. The molecule has 0 bridgehead atoms. The van der Waals surface area contributed by atoms with Gasteiger partial charge in [0.25, 0.3) is 0 Å². The third-order valence-electron chi connectivity index (χ3n) is 5.86. The van der Waals surface area contributed by atoms with Gasteiger partial charge in [-0.2, -0.15) is 0 Å². The minimum Gasteiger partial charge on any atom is -1.00 e. The molecule has 0 aliphatic heterocycles. The summed E-state index contributed by atoms with van der Waals surface area (Å²) < 4.78 is 3.59. The van der Waals surface area contributed by atoms with Crippen molar-refractivity contribution in [3.05, 3.63) is 74.6 Å². The largest absolute Gasteiger partial charge is 1.00 e. The normalized spacial score (nSPS) is 18.4. The monoisotopic (exact) mass is 458 g/mol. The van der Waals surface area contributed by atoms with Crippen molar-refractivity contribution in [1.82, 2.24) is 0 Å². The summed E-state index contributed by atoms with van der Waals surface area (Å²) in [6.07, 6.45) is 15.6. The summed E-state index contributed by atoms with van der Waals surface area (Å²) in [5.41, 5.74) is 4.91.